The van der Waals surface area contributed by atoms with Gasteiger partial charge in [-0.25, -0.2) is 0 Å². The molecule has 5 N–H and O–H groups in total. The highest BCUT2D eigenvalue weighted by Crippen LogP contribution is 2.26. The zero-order chi connectivity index (χ0) is 13.9. The summed E-state index contributed by atoms with van der Waals surface area (Å²) in [5.74, 6) is -0.445. The molecule has 0 aliphatic heterocycles. The molecule has 1 unspecified atom stereocenters. The number of nitrogens with one attached hydrogen (secondary N) is 1. The fourth-order valence-corrected chi connectivity index (χ4v) is 2.21. The predicted molar refractivity (Wildman–Crippen MR) is 78.6 cm³/mol. The number of hydrogen-bond donors (Lipinski definition) is 3. The Labute approximate surface area is 116 Å². The second kappa shape index (κ2) is 5.71. The molecule has 0 aliphatic carbocycles. The highest BCUT2D eigenvalue weighted by Gasteiger charge is 2.23. The summed E-state index contributed by atoms with van der Waals surface area (Å²) in [7, 11) is 0. The smallest absolute Gasteiger partial charge is 0.249 e. The maximum atomic E-state index is 11.1. The number of carbonyl (C=O) groups excluding carboxylic acids is 1. The van der Waals surface area contributed by atoms with Crippen LogP contribution in [0.2, 0.25) is 0 Å². The lowest BCUT2D eigenvalue weighted by atomic mass is 9.86. The fourth-order valence-electron chi connectivity index (χ4n) is 1.63. The SMILES string of the molecule is CC(C)(C)C(CN)Nc1ccc(C(N)=O)c(Br)c1. The first-order valence-corrected chi connectivity index (χ1v) is 6.61. The average molecular weight is 314 g/mol. The first-order valence-electron chi connectivity index (χ1n) is 5.81. The quantitative estimate of drug-likeness (QED) is 0.798. The zero-order valence-corrected chi connectivity index (χ0v) is 12.5. The van der Waals surface area contributed by atoms with Gasteiger partial charge in [0.25, 0.3) is 0 Å². The lowest BCUT2D eigenvalue weighted by Crippen LogP contribution is -2.40. The van der Waals surface area contributed by atoms with E-state index in [1.807, 2.05) is 12.1 Å². The van der Waals surface area contributed by atoms with Gasteiger partial charge in [-0.2, -0.15) is 0 Å². The van der Waals surface area contributed by atoms with Crippen LogP contribution in [0.3, 0.4) is 0 Å². The molecule has 0 bridgehead atoms. The molecular weight excluding hydrogens is 294 g/mol. The molecule has 0 aromatic heterocycles. The second-order valence-electron chi connectivity index (χ2n) is 5.36. The van der Waals surface area contributed by atoms with Gasteiger partial charge in [0, 0.05) is 22.7 Å². The van der Waals surface area contributed by atoms with Crippen molar-refractivity contribution in [2.24, 2.45) is 16.9 Å². The zero-order valence-electron chi connectivity index (χ0n) is 11.0. The third kappa shape index (κ3) is 3.71. The third-order valence-electron chi connectivity index (χ3n) is 2.86. The van der Waals surface area contributed by atoms with Gasteiger partial charge in [-0.3, -0.25) is 4.79 Å². The Kier molecular flexibility index (Phi) is 4.76. The van der Waals surface area contributed by atoms with Crippen molar-refractivity contribution in [2.45, 2.75) is 26.8 Å². The van der Waals surface area contributed by atoms with Crippen molar-refractivity contribution in [3.8, 4) is 0 Å². The summed E-state index contributed by atoms with van der Waals surface area (Å²) in [6.07, 6.45) is 0. The van der Waals surface area contributed by atoms with Crippen LogP contribution in [-0.2, 0) is 0 Å². The van der Waals surface area contributed by atoms with E-state index in [1.165, 1.54) is 0 Å². The molecule has 0 radical (unpaired) electrons. The standard InChI is InChI=1S/C13H20BrN3O/c1-13(2,3)11(7-15)17-8-4-5-9(12(16)18)10(14)6-8/h4-6,11,17H,7,15H2,1-3H3,(H2,16,18). The molecule has 1 aromatic carbocycles. The summed E-state index contributed by atoms with van der Waals surface area (Å²) < 4.78 is 0.685. The molecule has 4 nitrogen and oxygen atoms in total. The summed E-state index contributed by atoms with van der Waals surface area (Å²) >= 11 is 3.34. The summed E-state index contributed by atoms with van der Waals surface area (Å²) in [5, 5.41) is 3.37. The molecule has 1 amide bonds. The van der Waals surface area contributed by atoms with Crippen molar-refractivity contribution in [1.29, 1.82) is 0 Å². The van der Waals surface area contributed by atoms with Crippen LogP contribution in [0.15, 0.2) is 22.7 Å². The number of carbonyl (C=O) groups is 1. The molecule has 0 saturated heterocycles. The largest absolute Gasteiger partial charge is 0.380 e. The topological polar surface area (TPSA) is 81.1 Å². The van der Waals surface area contributed by atoms with E-state index in [1.54, 1.807) is 6.07 Å². The van der Waals surface area contributed by atoms with E-state index < -0.39 is 5.91 Å². The Balaban J connectivity index is 2.92. The number of nitrogens with two attached hydrogens (primary N) is 2. The van der Waals surface area contributed by atoms with Gasteiger partial charge in [0.15, 0.2) is 0 Å². The van der Waals surface area contributed by atoms with Crippen molar-refractivity contribution in [3.63, 3.8) is 0 Å². The van der Waals surface area contributed by atoms with Gasteiger partial charge in [-0.15, -0.1) is 0 Å². The first-order chi connectivity index (χ1) is 8.25. The van der Waals surface area contributed by atoms with E-state index in [2.05, 4.69) is 42.0 Å². The highest BCUT2D eigenvalue weighted by atomic mass is 79.9. The van der Waals surface area contributed by atoms with Crippen LogP contribution < -0.4 is 16.8 Å². The van der Waals surface area contributed by atoms with E-state index in [-0.39, 0.29) is 11.5 Å². The summed E-state index contributed by atoms with van der Waals surface area (Å²) in [6, 6.07) is 5.53. The number of benzene rings is 1. The van der Waals surface area contributed by atoms with Crippen molar-refractivity contribution in [2.75, 3.05) is 11.9 Å². The van der Waals surface area contributed by atoms with E-state index in [0.29, 0.717) is 16.6 Å². The van der Waals surface area contributed by atoms with Crippen LogP contribution in [0, 0.1) is 5.41 Å². The molecule has 0 saturated carbocycles. The Morgan fingerprint density at radius 3 is 2.44 bits per heavy atom. The summed E-state index contributed by atoms with van der Waals surface area (Å²) in [6.45, 7) is 6.93. The van der Waals surface area contributed by atoms with Crippen LogP contribution >= 0.6 is 15.9 Å². The van der Waals surface area contributed by atoms with Gasteiger partial charge in [0.1, 0.15) is 0 Å². The minimum atomic E-state index is -0.445. The molecule has 0 spiro atoms. The fraction of sp³-hybridized carbons (Fsp3) is 0.462. The number of halogens is 1. The normalized spacial score (nSPS) is 13.2. The molecular formula is C13H20BrN3O. The number of rotatable bonds is 4. The molecule has 1 rings (SSSR count). The van der Waals surface area contributed by atoms with Crippen LogP contribution in [0.5, 0.6) is 0 Å². The Morgan fingerprint density at radius 1 is 1.44 bits per heavy atom. The molecule has 18 heavy (non-hydrogen) atoms. The van der Waals surface area contributed by atoms with Crippen LogP contribution in [-0.4, -0.2) is 18.5 Å². The van der Waals surface area contributed by atoms with Gasteiger partial charge < -0.3 is 16.8 Å². The van der Waals surface area contributed by atoms with Gasteiger partial charge in [-0.05, 0) is 39.5 Å². The summed E-state index contributed by atoms with van der Waals surface area (Å²) in [5.41, 5.74) is 12.5. The van der Waals surface area contributed by atoms with Gasteiger partial charge in [-0.1, -0.05) is 20.8 Å². The monoisotopic (exact) mass is 313 g/mol. The second-order valence-corrected chi connectivity index (χ2v) is 6.21. The van der Waals surface area contributed by atoms with Gasteiger partial charge >= 0.3 is 0 Å². The Hall–Kier alpha value is -1.07. The maximum absolute atomic E-state index is 11.1. The van der Waals surface area contributed by atoms with E-state index >= 15 is 0 Å². The van der Waals surface area contributed by atoms with Crippen molar-refractivity contribution in [1.82, 2.24) is 0 Å². The van der Waals surface area contributed by atoms with E-state index in [0.717, 1.165) is 5.69 Å². The molecule has 1 atom stereocenters. The molecule has 100 valence electrons. The van der Waals surface area contributed by atoms with Crippen LogP contribution in [0.25, 0.3) is 0 Å². The molecule has 5 heteroatoms. The Morgan fingerprint density at radius 2 is 2.06 bits per heavy atom. The number of hydrogen-bond acceptors (Lipinski definition) is 3. The Bertz CT molecular complexity index is 440. The number of primary amides is 1. The molecule has 1 aromatic rings. The van der Waals surface area contributed by atoms with E-state index in [9.17, 15) is 4.79 Å². The lowest BCUT2D eigenvalue weighted by molar-refractivity contribution is 0.0999. The minimum Gasteiger partial charge on any atom is -0.380 e. The average Bonchev–Trinajstić information content (AvgIpc) is 2.23. The molecule has 0 heterocycles. The van der Waals surface area contributed by atoms with Crippen molar-refractivity contribution >= 4 is 27.5 Å². The van der Waals surface area contributed by atoms with Crippen molar-refractivity contribution < 1.29 is 4.79 Å². The number of anilines is 1. The lowest BCUT2D eigenvalue weighted by Gasteiger charge is -2.31. The third-order valence-corrected chi connectivity index (χ3v) is 3.51. The number of amides is 1. The maximum Gasteiger partial charge on any atom is 0.249 e. The van der Waals surface area contributed by atoms with E-state index in [4.69, 9.17) is 11.5 Å². The molecule has 0 aliphatic rings. The predicted octanol–water partition coefficient (Wildman–Crippen LogP) is 2.33. The first kappa shape index (κ1) is 15.0. The van der Waals surface area contributed by atoms with Gasteiger partial charge in [0.05, 0.1) is 5.56 Å². The van der Waals surface area contributed by atoms with Crippen molar-refractivity contribution in [3.05, 3.63) is 28.2 Å². The minimum absolute atomic E-state index is 0.0591. The highest BCUT2D eigenvalue weighted by molar-refractivity contribution is 9.10. The van der Waals surface area contributed by atoms with Crippen LogP contribution in [0.4, 0.5) is 5.69 Å². The van der Waals surface area contributed by atoms with Crippen LogP contribution in [0.1, 0.15) is 31.1 Å². The molecule has 0 fully saturated rings. The summed E-state index contributed by atoms with van der Waals surface area (Å²) in [4.78, 5) is 11.1. The van der Waals surface area contributed by atoms with Gasteiger partial charge in [0.2, 0.25) is 5.91 Å².